The summed E-state index contributed by atoms with van der Waals surface area (Å²) in [6, 6.07) is -0.896. The van der Waals surface area contributed by atoms with E-state index in [4.69, 9.17) is 13.8 Å². The van der Waals surface area contributed by atoms with Crippen LogP contribution < -0.4 is 10.2 Å². The molecule has 0 heterocycles. The van der Waals surface area contributed by atoms with Gasteiger partial charge in [-0.15, -0.1) is 0 Å². The van der Waals surface area contributed by atoms with Crippen LogP contribution in [0, 0.1) is 0 Å². The average Bonchev–Trinajstić information content (AvgIpc) is 3.37. The van der Waals surface area contributed by atoms with E-state index in [2.05, 4.69) is 74.7 Å². The lowest BCUT2D eigenvalue weighted by atomic mass is 10.0. The predicted octanol–water partition coefficient (Wildman–Crippen LogP) is 18.8. The van der Waals surface area contributed by atoms with Gasteiger partial charge in [0.2, 0.25) is 5.91 Å². The zero-order valence-corrected chi connectivity index (χ0v) is 50.9. The summed E-state index contributed by atoms with van der Waals surface area (Å²) in [6.07, 6.45) is 68.9. The van der Waals surface area contributed by atoms with Crippen molar-refractivity contribution in [3.8, 4) is 0 Å². The van der Waals surface area contributed by atoms with Crippen molar-refractivity contribution in [1.29, 1.82) is 0 Å². The zero-order valence-electron chi connectivity index (χ0n) is 50.0. The quantitative estimate of drug-likeness (QED) is 0.0212. The molecule has 0 aromatic rings. The van der Waals surface area contributed by atoms with E-state index in [0.717, 1.165) is 103 Å². The third-order valence-electron chi connectivity index (χ3n) is 13.9. The van der Waals surface area contributed by atoms with Crippen LogP contribution in [0.5, 0.6) is 0 Å². The lowest BCUT2D eigenvalue weighted by molar-refractivity contribution is -0.870. The molecule has 0 fully saturated rings. The minimum absolute atomic E-state index is 0.0259. The Labute approximate surface area is 464 Å². The summed E-state index contributed by atoms with van der Waals surface area (Å²) in [5.74, 6) is -0.554. The molecule has 0 saturated carbocycles. The van der Waals surface area contributed by atoms with Gasteiger partial charge in [-0.2, -0.15) is 0 Å². The van der Waals surface area contributed by atoms with E-state index < -0.39 is 26.6 Å². The van der Waals surface area contributed by atoms with Gasteiger partial charge in [0, 0.05) is 12.8 Å². The molecule has 0 rings (SSSR count). The van der Waals surface area contributed by atoms with E-state index in [1.54, 1.807) is 0 Å². The minimum Gasteiger partial charge on any atom is -0.756 e. The number of phosphoric acid groups is 1. The number of ether oxygens (including phenoxy) is 1. The number of hydrogen-bond acceptors (Lipinski definition) is 7. The first-order valence-corrected chi connectivity index (χ1v) is 33.1. The van der Waals surface area contributed by atoms with Crippen LogP contribution in [0.4, 0.5) is 0 Å². The lowest BCUT2D eigenvalue weighted by Gasteiger charge is -2.30. The molecule has 0 aromatic heterocycles. The molecule has 10 heteroatoms. The molecular weight excluding hydrogens is 952 g/mol. The number of quaternary nitrogens is 1. The Morgan fingerprint density at radius 3 is 1.25 bits per heavy atom. The summed E-state index contributed by atoms with van der Waals surface area (Å²) >= 11 is 0. The minimum atomic E-state index is -4.70. The highest BCUT2D eigenvalue weighted by Gasteiger charge is 2.27. The number of rotatable bonds is 57. The topological polar surface area (TPSA) is 114 Å². The number of carbonyl (C=O) groups is 2. The van der Waals surface area contributed by atoms with Crippen LogP contribution in [0.25, 0.3) is 0 Å². The molecule has 0 aliphatic carbocycles. The molecule has 0 aliphatic heterocycles. The number of esters is 1. The Kier molecular flexibility index (Phi) is 53.4. The molecule has 1 amide bonds. The number of nitrogens with zero attached hydrogens (tertiary/aromatic N) is 1. The van der Waals surface area contributed by atoms with Gasteiger partial charge >= 0.3 is 5.97 Å². The van der Waals surface area contributed by atoms with Gasteiger partial charge in [0.1, 0.15) is 19.3 Å². The summed E-state index contributed by atoms with van der Waals surface area (Å²) in [5, 5.41) is 3.02. The molecule has 9 nitrogen and oxygen atoms in total. The third kappa shape index (κ3) is 56.2. The van der Waals surface area contributed by atoms with Gasteiger partial charge in [0.05, 0.1) is 33.8 Å². The van der Waals surface area contributed by atoms with Gasteiger partial charge in [0.25, 0.3) is 7.82 Å². The molecule has 0 radical (unpaired) electrons. The van der Waals surface area contributed by atoms with Gasteiger partial charge in [-0.3, -0.25) is 14.2 Å². The van der Waals surface area contributed by atoms with E-state index >= 15 is 0 Å². The number of likely N-dealkylation sites (N-methyl/N-ethyl adjacent to an activating group) is 1. The molecule has 1 N–H and O–H groups in total. The number of hydrogen-bond donors (Lipinski definition) is 1. The van der Waals surface area contributed by atoms with Crippen molar-refractivity contribution in [2.75, 3.05) is 40.9 Å². The molecule has 0 spiro atoms. The maximum absolute atomic E-state index is 13.5. The molecular formula is C65H121N2O7P. The predicted molar refractivity (Wildman–Crippen MR) is 321 cm³/mol. The molecule has 0 aliphatic rings. The fraction of sp³-hybridized carbons (Fsp3) is 0.815. The van der Waals surface area contributed by atoms with E-state index in [0.29, 0.717) is 17.4 Å². The maximum Gasteiger partial charge on any atom is 0.306 e. The Morgan fingerprint density at radius 2 is 0.813 bits per heavy atom. The van der Waals surface area contributed by atoms with Crippen molar-refractivity contribution in [2.24, 2.45) is 0 Å². The van der Waals surface area contributed by atoms with Gasteiger partial charge in [0.15, 0.2) is 0 Å². The second-order valence-electron chi connectivity index (χ2n) is 22.6. The van der Waals surface area contributed by atoms with Crippen LogP contribution in [-0.4, -0.2) is 69.4 Å². The van der Waals surface area contributed by atoms with Crippen molar-refractivity contribution in [3.63, 3.8) is 0 Å². The Hall–Kier alpha value is -2.29. The van der Waals surface area contributed by atoms with Gasteiger partial charge < -0.3 is 28.5 Å². The van der Waals surface area contributed by atoms with Crippen molar-refractivity contribution >= 4 is 19.7 Å². The van der Waals surface area contributed by atoms with Crippen LogP contribution in [0.3, 0.4) is 0 Å². The highest BCUT2D eigenvalue weighted by molar-refractivity contribution is 7.45. The number of amides is 1. The molecule has 0 bridgehead atoms. The summed E-state index contributed by atoms with van der Waals surface area (Å²) in [6.45, 7) is 6.82. The summed E-state index contributed by atoms with van der Waals surface area (Å²) in [4.78, 5) is 40.0. The second kappa shape index (κ2) is 55.0. The first kappa shape index (κ1) is 72.7. The van der Waals surface area contributed by atoms with Crippen LogP contribution in [-0.2, 0) is 27.9 Å². The van der Waals surface area contributed by atoms with Crippen LogP contribution >= 0.6 is 7.82 Å². The van der Waals surface area contributed by atoms with E-state index in [-0.39, 0.29) is 24.9 Å². The highest BCUT2D eigenvalue weighted by atomic mass is 31.2. The molecule has 0 aromatic carbocycles. The molecule has 0 saturated heterocycles. The van der Waals surface area contributed by atoms with Crippen molar-refractivity contribution in [1.82, 2.24) is 5.32 Å². The van der Waals surface area contributed by atoms with E-state index in [1.165, 1.54) is 154 Å². The SMILES string of the molecule is CCCCC/C=C\C/C=C\C/C=C\CCCCCCCCCCC(=O)OC(/C=C/CCCCCCCCCCCC)C(COP(=O)([O-])OCC[N+](C)(C)C)NC(=O)CCCCCCC/C=C/CCCCCCCCC. The van der Waals surface area contributed by atoms with Crippen LogP contribution in [0.1, 0.15) is 290 Å². The maximum atomic E-state index is 13.5. The Morgan fingerprint density at radius 1 is 0.467 bits per heavy atom. The van der Waals surface area contributed by atoms with E-state index in [9.17, 15) is 19.0 Å². The average molecular weight is 1070 g/mol. The number of phosphoric ester groups is 1. The van der Waals surface area contributed by atoms with Crippen molar-refractivity contribution in [2.45, 2.75) is 303 Å². The highest BCUT2D eigenvalue weighted by Crippen LogP contribution is 2.38. The third-order valence-corrected chi connectivity index (χ3v) is 14.9. The first-order valence-electron chi connectivity index (χ1n) is 31.6. The van der Waals surface area contributed by atoms with Crippen LogP contribution in [0.2, 0.25) is 0 Å². The normalized spacial score (nSPS) is 14.1. The fourth-order valence-electron chi connectivity index (χ4n) is 8.99. The Balaban J connectivity index is 5.25. The smallest absolute Gasteiger partial charge is 0.306 e. The number of unbranched alkanes of at least 4 members (excludes halogenated alkanes) is 33. The summed E-state index contributed by atoms with van der Waals surface area (Å²) in [7, 11) is 1.18. The van der Waals surface area contributed by atoms with Crippen molar-refractivity contribution < 1.29 is 37.3 Å². The monoisotopic (exact) mass is 1070 g/mol. The fourth-order valence-corrected chi connectivity index (χ4v) is 9.72. The zero-order chi connectivity index (χ0) is 55.0. The molecule has 3 unspecified atom stereocenters. The van der Waals surface area contributed by atoms with Gasteiger partial charge in [-0.05, 0) is 96.0 Å². The second-order valence-corrected chi connectivity index (χ2v) is 24.0. The van der Waals surface area contributed by atoms with Gasteiger partial charge in [-0.1, -0.05) is 242 Å². The Bertz CT molecular complexity index is 1470. The standard InChI is InChI=1S/C65H121N2O7P/c1-7-10-13-16-19-22-25-28-30-32-33-34-35-36-38-40-43-46-49-52-55-58-65(69)74-63(56-53-50-47-44-41-27-24-21-18-15-12-9-3)62(61-73-75(70,71)72-60-59-67(4,5)6)66-64(68)57-54-51-48-45-42-39-37-31-29-26-23-20-17-14-11-8-2/h19,22,28,30-31,33-34,37,53,56,62-63H,7-18,20-21,23-27,29,32,35-36,38-52,54-55,57-61H2,1-6H3,(H-,66,68,70,71)/b22-19-,30-28-,34-33-,37-31+,56-53+. The van der Waals surface area contributed by atoms with Gasteiger partial charge in [-0.25, -0.2) is 0 Å². The number of nitrogens with one attached hydrogen (secondary N) is 1. The number of allylic oxidation sites excluding steroid dienone is 9. The first-order chi connectivity index (χ1) is 36.4. The number of carbonyl (C=O) groups excluding carboxylic acids is 2. The van der Waals surface area contributed by atoms with Crippen molar-refractivity contribution in [3.05, 3.63) is 60.8 Å². The summed E-state index contributed by atoms with van der Waals surface area (Å²) in [5.41, 5.74) is 0. The van der Waals surface area contributed by atoms with Crippen LogP contribution in [0.15, 0.2) is 60.8 Å². The lowest BCUT2D eigenvalue weighted by Crippen LogP contribution is -2.47. The molecule has 438 valence electrons. The molecule has 75 heavy (non-hydrogen) atoms. The largest absolute Gasteiger partial charge is 0.756 e. The van der Waals surface area contributed by atoms with E-state index in [1.807, 2.05) is 33.3 Å². The summed E-state index contributed by atoms with van der Waals surface area (Å²) < 4.78 is 30.3. The molecule has 3 atom stereocenters.